The highest BCUT2D eigenvalue weighted by Gasteiger charge is 2.11. The van der Waals surface area contributed by atoms with Crippen LogP contribution >= 0.6 is 23.2 Å². The quantitative estimate of drug-likeness (QED) is 0.707. The van der Waals surface area contributed by atoms with E-state index in [9.17, 15) is 4.79 Å². The van der Waals surface area contributed by atoms with Gasteiger partial charge in [0.05, 0.1) is 5.02 Å². The second-order valence-corrected chi connectivity index (χ2v) is 6.30. The van der Waals surface area contributed by atoms with Gasteiger partial charge in [0, 0.05) is 30.7 Å². The first-order valence-corrected chi connectivity index (χ1v) is 8.17. The molecule has 2 aromatic rings. The van der Waals surface area contributed by atoms with Crippen molar-refractivity contribution >= 4 is 29.1 Å². The minimum absolute atomic E-state index is 0.0678. The molecule has 0 aliphatic rings. The molecule has 0 fully saturated rings. The molecule has 0 aliphatic heterocycles. The largest absolute Gasteiger partial charge is 0.490 e. The summed E-state index contributed by atoms with van der Waals surface area (Å²) in [5.74, 6) is 1.10. The predicted molar refractivity (Wildman–Crippen MR) is 96.6 cm³/mol. The molecule has 0 atom stereocenters. The predicted octanol–water partition coefficient (Wildman–Crippen LogP) is 4.46. The van der Waals surface area contributed by atoms with Gasteiger partial charge in [-0.2, -0.15) is 0 Å². The number of carbonyl (C=O) groups excluding carboxylic acids is 1. The highest BCUT2D eigenvalue weighted by molar-refractivity contribution is 6.34. The van der Waals surface area contributed by atoms with Gasteiger partial charge < -0.3 is 14.4 Å². The average molecular weight is 368 g/mol. The van der Waals surface area contributed by atoms with E-state index >= 15 is 0 Å². The molecule has 2 aromatic carbocycles. The molecule has 24 heavy (non-hydrogen) atoms. The summed E-state index contributed by atoms with van der Waals surface area (Å²) in [5, 5.41) is 1.05. The Kier molecular flexibility index (Phi) is 6.35. The first-order valence-electron chi connectivity index (χ1n) is 7.41. The van der Waals surface area contributed by atoms with Crippen LogP contribution in [0.3, 0.4) is 0 Å². The second kappa shape index (κ2) is 8.27. The zero-order valence-electron chi connectivity index (χ0n) is 13.8. The van der Waals surface area contributed by atoms with Crippen molar-refractivity contribution in [1.29, 1.82) is 0 Å². The topological polar surface area (TPSA) is 38.8 Å². The van der Waals surface area contributed by atoms with Crippen LogP contribution < -0.4 is 9.47 Å². The standard InChI is InChI=1S/C18H19Cl2NO3/c1-12-4-5-13(18(22)21(2)3)10-16(12)23-8-9-24-17-11-14(19)6-7-15(17)20/h4-7,10-11H,8-9H2,1-3H3. The summed E-state index contributed by atoms with van der Waals surface area (Å²) in [4.78, 5) is 13.5. The molecule has 0 radical (unpaired) electrons. The van der Waals surface area contributed by atoms with E-state index < -0.39 is 0 Å². The average Bonchev–Trinajstić information content (AvgIpc) is 2.55. The summed E-state index contributed by atoms with van der Waals surface area (Å²) >= 11 is 11.9. The molecular formula is C18H19Cl2NO3. The van der Waals surface area contributed by atoms with Crippen molar-refractivity contribution in [2.45, 2.75) is 6.92 Å². The molecule has 0 aliphatic carbocycles. The van der Waals surface area contributed by atoms with E-state index in [2.05, 4.69) is 0 Å². The highest BCUT2D eigenvalue weighted by Crippen LogP contribution is 2.27. The van der Waals surface area contributed by atoms with Gasteiger partial charge in [0.15, 0.2) is 0 Å². The second-order valence-electron chi connectivity index (χ2n) is 5.45. The van der Waals surface area contributed by atoms with Gasteiger partial charge in [-0.3, -0.25) is 4.79 Å². The molecule has 0 heterocycles. The Morgan fingerprint density at radius 3 is 2.33 bits per heavy atom. The van der Waals surface area contributed by atoms with Crippen LogP contribution in [0, 0.1) is 6.92 Å². The maximum absolute atomic E-state index is 12.0. The number of carbonyl (C=O) groups is 1. The Hall–Kier alpha value is -1.91. The number of benzene rings is 2. The van der Waals surface area contributed by atoms with Gasteiger partial charge in [-0.15, -0.1) is 0 Å². The van der Waals surface area contributed by atoms with Gasteiger partial charge in [0.2, 0.25) is 0 Å². The minimum atomic E-state index is -0.0678. The van der Waals surface area contributed by atoms with Crippen molar-refractivity contribution in [1.82, 2.24) is 4.90 Å². The molecular weight excluding hydrogens is 349 g/mol. The van der Waals surface area contributed by atoms with E-state index in [-0.39, 0.29) is 5.91 Å². The van der Waals surface area contributed by atoms with Crippen LogP contribution in [0.4, 0.5) is 0 Å². The van der Waals surface area contributed by atoms with E-state index in [1.54, 1.807) is 44.4 Å². The summed E-state index contributed by atoms with van der Waals surface area (Å²) in [6.07, 6.45) is 0. The molecule has 0 aromatic heterocycles. The molecule has 4 nitrogen and oxygen atoms in total. The lowest BCUT2D eigenvalue weighted by atomic mass is 10.1. The van der Waals surface area contributed by atoms with Crippen molar-refractivity contribution in [3.63, 3.8) is 0 Å². The number of amides is 1. The number of halogens is 2. The van der Waals surface area contributed by atoms with E-state index in [0.717, 1.165) is 5.56 Å². The number of hydrogen-bond acceptors (Lipinski definition) is 3. The zero-order valence-corrected chi connectivity index (χ0v) is 15.3. The fourth-order valence-electron chi connectivity index (χ4n) is 2.04. The van der Waals surface area contributed by atoms with Crippen LogP contribution in [0.5, 0.6) is 11.5 Å². The van der Waals surface area contributed by atoms with Crippen molar-refractivity contribution in [2.24, 2.45) is 0 Å². The fraction of sp³-hybridized carbons (Fsp3) is 0.278. The fourth-order valence-corrected chi connectivity index (χ4v) is 2.37. The molecule has 0 spiro atoms. The lowest BCUT2D eigenvalue weighted by Crippen LogP contribution is -2.21. The third kappa shape index (κ3) is 4.79. The molecule has 128 valence electrons. The van der Waals surface area contributed by atoms with Crippen LogP contribution in [0.2, 0.25) is 10.0 Å². The number of aryl methyl sites for hydroxylation is 1. The Bertz CT molecular complexity index is 732. The van der Waals surface area contributed by atoms with E-state index in [4.69, 9.17) is 32.7 Å². The van der Waals surface area contributed by atoms with E-state index in [1.807, 2.05) is 13.0 Å². The third-order valence-electron chi connectivity index (χ3n) is 3.33. The third-order valence-corrected chi connectivity index (χ3v) is 3.88. The van der Waals surface area contributed by atoms with Gasteiger partial charge in [-0.25, -0.2) is 0 Å². The molecule has 6 heteroatoms. The molecule has 0 saturated carbocycles. The normalized spacial score (nSPS) is 10.4. The molecule has 0 N–H and O–H groups in total. The molecule has 0 bridgehead atoms. The molecule has 0 saturated heterocycles. The monoisotopic (exact) mass is 367 g/mol. The summed E-state index contributed by atoms with van der Waals surface area (Å²) in [6.45, 7) is 2.56. The summed E-state index contributed by atoms with van der Waals surface area (Å²) in [7, 11) is 3.43. The maximum Gasteiger partial charge on any atom is 0.253 e. The van der Waals surface area contributed by atoms with Gasteiger partial charge >= 0.3 is 0 Å². The molecule has 2 rings (SSSR count). The van der Waals surface area contributed by atoms with Gasteiger partial charge in [-0.05, 0) is 36.8 Å². The molecule has 1 amide bonds. The number of hydrogen-bond donors (Lipinski definition) is 0. The summed E-state index contributed by atoms with van der Waals surface area (Å²) in [6, 6.07) is 10.4. The lowest BCUT2D eigenvalue weighted by Gasteiger charge is -2.14. The Morgan fingerprint density at radius 1 is 1.00 bits per heavy atom. The Morgan fingerprint density at radius 2 is 1.67 bits per heavy atom. The van der Waals surface area contributed by atoms with Crippen molar-refractivity contribution in [3.05, 3.63) is 57.6 Å². The van der Waals surface area contributed by atoms with Crippen LogP contribution in [0.15, 0.2) is 36.4 Å². The number of ether oxygens (including phenoxy) is 2. The van der Waals surface area contributed by atoms with Crippen LogP contribution in [-0.2, 0) is 0 Å². The van der Waals surface area contributed by atoms with Crippen molar-refractivity contribution in [3.8, 4) is 11.5 Å². The first-order chi connectivity index (χ1) is 11.4. The Labute approximate surface area is 151 Å². The van der Waals surface area contributed by atoms with Gasteiger partial charge in [-0.1, -0.05) is 29.3 Å². The minimum Gasteiger partial charge on any atom is -0.490 e. The zero-order chi connectivity index (χ0) is 17.7. The number of rotatable bonds is 6. The number of nitrogens with zero attached hydrogens (tertiary/aromatic N) is 1. The SMILES string of the molecule is Cc1ccc(C(=O)N(C)C)cc1OCCOc1cc(Cl)ccc1Cl. The lowest BCUT2D eigenvalue weighted by molar-refractivity contribution is 0.0827. The van der Waals surface area contributed by atoms with Crippen molar-refractivity contribution in [2.75, 3.05) is 27.3 Å². The van der Waals surface area contributed by atoms with E-state index in [0.29, 0.717) is 40.3 Å². The Balaban J connectivity index is 1.95. The van der Waals surface area contributed by atoms with Gasteiger partial charge in [0.1, 0.15) is 24.7 Å². The van der Waals surface area contributed by atoms with Crippen molar-refractivity contribution < 1.29 is 14.3 Å². The van der Waals surface area contributed by atoms with Crippen LogP contribution in [0.25, 0.3) is 0 Å². The van der Waals surface area contributed by atoms with E-state index in [1.165, 1.54) is 4.90 Å². The summed E-state index contributed by atoms with van der Waals surface area (Å²) < 4.78 is 11.3. The summed E-state index contributed by atoms with van der Waals surface area (Å²) in [5.41, 5.74) is 1.53. The highest BCUT2D eigenvalue weighted by atomic mass is 35.5. The van der Waals surface area contributed by atoms with Crippen LogP contribution in [0.1, 0.15) is 15.9 Å². The maximum atomic E-state index is 12.0. The van der Waals surface area contributed by atoms with Gasteiger partial charge in [0.25, 0.3) is 5.91 Å². The first kappa shape index (κ1) is 18.4. The van der Waals surface area contributed by atoms with Crippen LogP contribution in [-0.4, -0.2) is 38.1 Å². The smallest absolute Gasteiger partial charge is 0.253 e. The molecule has 0 unspecified atom stereocenters.